The monoisotopic (exact) mass is 299 g/mol. The number of hydrogen-bond donors (Lipinski definition) is 1. The molecule has 1 atom stereocenters. The molecule has 2 amide bonds. The Bertz CT molecular complexity index is 358. The fourth-order valence-electron chi connectivity index (χ4n) is 2.50. The Kier molecular flexibility index (Phi) is 6.41. The highest BCUT2D eigenvalue weighted by molar-refractivity contribution is 5.76. The van der Waals surface area contributed by atoms with Crippen molar-refractivity contribution in [2.75, 3.05) is 45.9 Å². The van der Waals surface area contributed by atoms with Crippen LogP contribution in [0.4, 0.5) is 0 Å². The quantitative estimate of drug-likeness (QED) is 0.759. The van der Waals surface area contributed by atoms with Crippen LogP contribution < -0.4 is 5.32 Å². The summed E-state index contributed by atoms with van der Waals surface area (Å²) in [5, 5.41) is 4.73. The van der Waals surface area contributed by atoms with Crippen molar-refractivity contribution in [3.8, 4) is 0 Å². The molecule has 2 fully saturated rings. The maximum absolute atomic E-state index is 11.8. The first kappa shape index (κ1) is 16.2. The minimum atomic E-state index is -0.113. The number of nitrogens with zero attached hydrogens (tertiary/aromatic N) is 2. The summed E-state index contributed by atoms with van der Waals surface area (Å²) in [4.78, 5) is 30.3. The van der Waals surface area contributed by atoms with Crippen LogP contribution >= 0.6 is 0 Å². The Morgan fingerprint density at radius 3 is 2.81 bits per heavy atom. The van der Waals surface area contributed by atoms with Crippen molar-refractivity contribution in [3.05, 3.63) is 0 Å². The van der Waals surface area contributed by atoms with Gasteiger partial charge in [0.15, 0.2) is 0 Å². The Balaban J connectivity index is 1.60. The van der Waals surface area contributed by atoms with Crippen molar-refractivity contribution in [1.82, 2.24) is 15.3 Å². The first-order valence-electron chi connectivity index (χ1n) is 7.67. The van der Waals surface area contributed by atoms with Gasteiger partial charge in [-0.05, 0) is 12.8 Å². The van der Waals surface area contributed by atoms with Crippen LogP contribution in [0.2, 0.25) is 0 Å². The molecule has 120 valence electrons. The van der Waals surface area contributed by atoms with Gasteiger partial charge in [0, 0.05) is 46.1 Å². The van der Waals surface area contributed by atoms with Crippen molar-refractivity contribution in [2.24, 2.45) is 0 Å². The zero-order valence-corrected chi connectivity index (χ0v) is 12.7. The molecule has 2 heterocycles. The van der Waals surface area contributed by atoms with Crippen LogP contribution in [0.3, 0.4) is 0 Å². The minimum Gasteiger partial charge on any atom is -0.373 e. The summed E-state index contributed by atoms with van der Waals surface area (Å²) in [5.74, 6) is 0.0459. The number of amides is 2. The van der Waals surface area contributed by atoms with Crippen molar-refractivity contribution >= 4 is 11.8 Å². The number of nitrogens with one attached hydrogen (secondary N) is 1. The maximum Gasteiger partial charge on any atom is 0.221 e. The SMILES string of the molecule is CC(=O)N1CCO[C@@H](CNC(=O)CCN2CCCCO2)C1. The Morgan fingerprint density at radius 1 is 1.24 bits per heavy atom. The number of carbonyl (C=O) groups excluding carboxylic acids is 2. The highest BCUT2D eigenvalue weighted by Gasteiger charge is 2.22. The summed E-state index contributed by atoms with van der Waals surface area (Å²) >= 11 is 0. The molecule has 0 aromatic carbocycles. The molecule has 2 rings (SSSR count). The topological polar surface area (TPSA) is 71.1 Å². The lowest BCUT2D eigenvalue weighted by Gasteiger charge is -2.32. The Hall–Kier alpha value is -1.18. The number of morpholine rings is 1. The van der Waals surface area contributed by atoms with E-state index in [2.05, 4.69) is 5.32 Å². The summed E-state index contributed by atoms with van der Waals surface area (Å²) < 4.78 is 5.56. The zero-order chi connectivity index (χ0) is 15.1. The van der Waals surface area contributed by atoms with E-state index in [-0.39, 0.29) is 17.9 Å². The fraction of sp³-hybridized carbons (Fsp3) is 0.857. The van der Waals surface area contributed by atoms with Gasteiger partial charge in [-0.15, -0.1) is 0 Å². The number of hydrogen-bond acceptors (Lipinski definition) is 5. The van der Waals surface area contributed by atoms with Gasteiger partial charge in [0.05, 0.1) is 19.3 Å². The highest BCUT2D eigenvalue weighted by Crippen LogP contribution is 2.07. The Morgan fingerprint density at radius 2 is 2.10 bits per heavy atom. The van der Waals surface area contributed by atoms with Crippen LogP contribution in [-0.2, 0) is 19.2 Å². The predicted molar refractivity (Wildman–Crippen MR) is 76.4 cm³/mol. The van der Waals surface area contributed by atoms with E-state index >= 15 is 0 Å². The first-order valence-corrected chi connectivity index (χ1v) is 7.67. The number of carbonyl (C=O) groups is 2. The van der Waals surface area contributed by atoms with E-state index < -0.39 is 0 Å². The molecule has 0 bridgehead atoms. The molecular formula is C14H25N3O4. The normalized spacial score (nSPS) is 23.9. The van der Waals surface area contributed by atoms with Gasteiger partial charge < -0.3 is 15.0 Å². The molecule has 0 saturated carbocycles. The van der Waals surface area contributed by atoms with E-state index in [1.54, 1.807) is 11.8 Å². The van der Waals surface area contributed by atoms with Gasteiger partial charge in [-0.3, -0.25) is 14.4 Å². The lowest BCUT2D eigenvalue weighted by atomic mass is 10.2. The smallest absolute Gasteiger partial charge is 0.221 e. The van der Waals surface area contributed by atoms with Crippen molar-refractivity contribution in [2.45, 2.75) is 32.3 Å². The second kappa shape index (κ2) is 8.31. The van der Waals surface area contributed by atoms with Crippen LogP contribution in [0.1, 0.15) is 26.2 Å². The number of ether oxygens (including phenoxy) is 1. The minimum absolute atomic E-state index is 0.00674. The molecule has 0 unspecified atom stereocenters. The molecule has 2 saturated heterocycles. The van der Waals surface area contributed by atoms with Gasteiger partial charge in [0.2, 0.25) is 11.8 Å². The average Bonchev–Trinajstić information content (AvgIpc) is 2.52. The molecule has 0 aromatic rings. The molecule has 0 aromatic heterocycles. The second-order valence-electron chi connectivity index (χ2n) is 5.48. The lowest BCUT2D eigenvalue weighted by molar-refractivity contribution is -0.181. The van der Waals surface area contributed by atoms with E-state index in [1.807, 2.05) is 5.06 Å². The highest BCUT2D eigenvalue weighted by atomic mass is 16.7. The standard InChI is InChI=1S/C14H25N3O4/c1-12(18)16-7-9-20-13(11-16)10-15-14(19)4-6-17-5-2-3-8-21-17/h13H,2-11H2,1H3,(H,15,19)/t13-/m0/s1. The Labute approximate surface area is 125 Å². The summed E-state index contributed by atoms with van der Waals surface area (Å²) in [6.07, 6.45) is 2.52. The lowest BCUT2D eigenvalue weighted by Crippen LogP contribution is -2.49. The van der Waals surface area contributed by atoms with Crippen LogP contribution in [0.15, 0.2) is 0 Å². The third-order valence-electron chi connectivity index (χ3n) is 3.77. The van der Waals surface area contributed by atoms with E-state index in [4.69, 9.17) is 9.57 Å². The molecule has 1 N–H and O–H groups in total. The van der Waals surface area contributed by atoms with E-state index in [0.29, 0.717) is 39.2 Å². The fourth-order valence-corrected chi connectivity index (χ4v) is 2.50. The molecule has 0 aliphatic carbocycles. The molecule has 0 spiro atoms. The van der Waals surface area contributed by atoms with Gasteiger partial charge >= 0.3 is 0 Å². The largest absolute Gasteiger partial charge is 0.373 e. The van der Waals surface area contributed by atoms with Crippen LogP contribution in [-0.4, -0.2) is 73.8 Å². The van der Waals surface area contributed by atoms with E-state index in [1.165, 1.54) is 0 Å². The van der Waals surface area contributed by atoms with Gasteiger partial charge in [-0.25, -0.2) is 0 Å². The summed E-state index contributed by atoms with van der Waals surface area (Å²) in [6.45, 7) is 5.98. The molecule has 0 radical (unpaired) electrons. The maximum atomic E-state index is 11.8. The van der Waals surface area contributed by atoms with E-state index in [0.717, 1.165) is 26.0 Å². The molecule has 7 nitrogen and oxygen atoms in total. The van der Waals surface area contributed by atoms with Crippen molar-refractivity contribution in [3.63, 3.8) is 0 Å². The van der Waals surface area contributed by atoms with Crippen LogP contribution in [0.25, 0.3) is 0 Å². The van der Waals surface area contributed by atoms with Crippen LogP contribution in [0, 0.1) is 0 Å². The van der Waals surface area contributed by atoms with Crippen LogP contribution in [0.5, 0.6) is 0 Å². The molecule has 2 aliphatic heterocycles. The third kappa shape index (κ3) is 5.61. The first-order chi connectivity index (χ1) is 10.1. The summed E-state index contributed by atoms with van der Waals surface area (Å²) in [5.41, 5.74) is 0. The summed E-state index contributed by atoms with van der Waals surface area (Å²) in [6, 6.07) is 0. The molecule has 7 heteroatoms. The van der Waals surface area contributed by atoms with Crippen molar-refractivity contribution in [1.29, 1.82) is 0 Å². The average molecular weight is 299 g/mol. The molecule has 2 aliphatic rings. The molecular weight excluding hydrogens is 274 g/mol. The second-order valence-corrected chi connectivity index (χ2v) is 5.48. The zero-order valence-electron chi connectivity index (χ0n) is 12.7. The van der Waals surface area contributed by atoms with Gasteiger partial charge in [-0.1, -0.05) is 0 Å². The number of rotatable bonds is 5. The van der Waals surface area contributed by atoms with Gasteiger partial charge in [-0.2, -0.15) is 5.06 Å². The van der Waals surface area contributed by atoms with Gasteiger partial charge in [0.1, 0.15) is 0 Å². The molecule has 21 heavy (non-hydrogen) atoms. The van der Waals surface area contributed by atoms with Gasteiger partial charge in [0.25, 0.3) is 0 Å². The number of hydroxylamine groups is 2. The summed E-state index contributed by atoms with van der Waals surface area (Å²) in [7, 11) is 0. The van der Waals surface area contributed by atoms with Crippen molar-refractivity contribution < 1.29 is 19.2 Å². The van der Waals surface area contributed by atoms with E-state index in [9.17, 15) is 9.59 Å². The third-order valence-corrected chi connectivity index (χ3v) is 3.77. The predicted octanol–water partition coefficient (Wildman–Crippen LogP) is -0.233.